The van der Waals surface area contributed by atoms with Crippen molar-refractivity contribution in [2.24, 2.45) is 10.9 Å². The number of hydrogen-bond donors (Lipinski definition) is 8. The topological polar surface area (TPSA) is 360 Å². The lowest BCUT2D eigenvalue weighted by Gasteiger charge is -2.33. The first-order valence-corrected chi connectivity index (χ1v) is 34.3. The fourth-order valence-corrected chi connectivity index (χ4v) is 12.6. The number of aryl methyl sites for hydroxylation is 1. The molecule has 31 heteroatoms. The number of nitriles is 1. The number of ether oxygens (including phenoxy) is 1. The molecule has 0 bridgehead atoms. The Labute approximate surface area is 569 Å². The van der Waals surface area contributed by atoms with Gasteiger partial charge in [-0.05, 0) is 135 Å². The van der Waals surface area contributed by atoms with E-state index in [4.69, 9.17) is 4.74 Å². The number of alkyl halides is 2. The molecule has 6 rings (SSSR count). The minimum atomic E-state index is -3.19. The molecule has 1 aromatic heterocycles. The predicted octanol–water partition coefficient (Wildman–Crippen LogP) is 2.62. The van der Waals surface area contributed by atoms with Crippen molar-refractivity contribution in [2.45, 2.75) is 102 Å². The smallest absolute Gasteiger partial charge is 0.317 e. The van der Waals surface area contributed by atoms with Gasteiger partial charge in [0.2, 0.25) is 23.6 Å². The molecule has 3 saturated heterocycles. The highest BCUT2D eigenvalue weighted by molar-refractivity contribution is 14.1. The molecule has 3 atom stereocenters. The summed E-state index contributed by atoms with van der Waals surface area (Å²) in [5.41, 5.74) is 1.83. The number of unbranched alkanes of at least 4 members (excludes halogenated alkanes) is 1. The third kappa shape index (κ3) is 27.8. The Kier molecular flexibility index (Phi) is 32.1. The first-order valence-electron chi connectivity index (χ1n) is 32.0. The van der Waals surface area contributed by atoms with E-state index in [1.54, 1.807) is 55.7 Å². The molecule has 0 radical (unpaired) electrons. The molecule has 27 nitrogen and oxygen atoms in total. The van der Waals surface area contributed by atoms with Crippen molar-refractivity contribution in [2.75, 3.05) is 136 Å². The fraction of sp³-hybridized carbons (Fsp3) is 0.594. The van der Waals surface area contributed by atoms with E-state index in [1.165, 1.54) is 24.0 Å². The third-order valence-corrected chi connectivity index (χ3v) is 18.3. The van der Waals surface area contributed by atoms with E-state index < -0.39 is 85.2 Å². The number of carbonyl (C=O) groups is 9. The van der Waals surface area contributed by atoms with E-state index in [0.717, 1.165) is 39.7 Å². The number of nitrogens with zero attached hydrogens (tertiary/aromatic N) is 9. The second-order valence-corrected chi connectivity index (χ2v) is 26.4. The zero-order valence-corrected chi connectivity index (χ0v) is 56.5. The largest absolute Gasteiger partial charge is 0.494 e. The highest BCUT2D eigenvalue weighted by Gasteiger charge is 2.47. The summed E-state index contributed by atoms with van der Waals surface area (Å²) < 4.78 is 35.0. The van der Waals surface area contributed by atoms with Gasteiger partial charge in [-0.15, -0.1) is 0 Å². The van der Waals surface area contributed by atoms with Crippen LogP contribution in [-0.4, -0.2) is 274 Å². The molecule has 6 amide bonds. The minimum absolute atomic E-state index is 0.0762. The number of piperidine rings is 1. The van der Waals surface area contributed by atoms with E-state index in [1.807, 2.05) is 24.3 Å². The van der Waals surface area contributed by atoms with Crippen LogP contribution in [0.4, 0.5) is 8.78 Å². The molecule has 4 heterocycles. The number of aliphatic hydroxyl groups excluding tert-OH is 1. The van der Waals surface area contributed by atoms with Gasteiger partial charge in [0.25, 0.3) is 17.7 Å². The van der Waals surface area contributed by atoms with Crippen molar-refractivity contribution in [1.82, 2.24) is 55.7 Å². The summed E-state index contributed by atoms with van der Waals surface area (Å²) in [5.74, 6) is -7.72. The number of aliphatic imine (C=N–C) groups is 1. The number of carboxylic acid groups (broad SMARTS) is 3. The van der Waals surface area contributed by atoms with Crippen LogP contribution in [0.15, 0.2) is 59.7 Å². The van der Waals surface area contributed by atoms with E-state index in [0.29, 0.717) is 92.5 Å². The molecule has 0 spiro atoms. The number of likely N-dealkylation sites (tertiary alicyclic amines) is 2. The van der Waals surface area contributed by atoms with Gasteiger partial charge in [-0.1, -0.05) is 12.1 Å². The molecule has 2 aromatic carbocycles. The first kappa shape index (κ1) is 76.8. The number of thioether (sulfide) groups is 1. The minimum Gasteiger partial charge on any atom is -0.494 e. The molecule has 95 heavy (non-hydrogen) atoms. The van der Waals surface area contributed by atoms with Crippen molar-refractivity contribution in [3.8, 4) is 11.8 Å². The van der Waals surface area contributed by atoms with Crippen LogP contribution in [0.25, 0.3) is 10.9 Å². The lowest BCUT2D eigenvalue weighted by atomic mass is 9.92. The Morgan fingerprint density at radius 1 is 0.800 bits per heavy atom. The number of carboxylic acids is 3. The predicted molar refractivity (Wildman–Crippen MR) is 358 cm³/mol. The molecule has 8 N–H and O–H groups in total. The quantitative estimate of drug-likeness (QED) is 0.0188. The summed E-state index contributed by atoms with van der Waals surface area (Å²) in [7, 11) is 0. The van der Waals surface area contributed by atoms with Gasteiger partial charge in [0.15, 0.2) is 0 Å². The van der Waals surface area contributed by atoms with Crippen molar-refractivity contribution < 1.29 is 77.1 Å². The molecular weight excluding hydrogens is 1370 g/mol. The Balaban J connectivity index is 0.946. The summed E-state index contributed by atoms with van der Waals surface area (Å²) in [6.07, 6.45) is 5.30. The summed E-state index contributed by atoms with van der Waals surface area (Å²) in [6, 6.07) is 14.1. The van der Waals surface area contributed by atoms with Crippen LogP contribution in [0.2, 0.25) is 0 Å². The Hall–Kier alpha value is -7.22. The van der Waals surface area contributed by atoms with E-state index in [9.17, 15) is 77.6 Å². The van der Waals surface area contributed by atoms with Crippen LogP contribution in [0, 0.1) is 20.8 Å². The van der Waals surface area contributed by atoms with Gasteiger partial charge >= 0.3 is 17.9 Å². The third-order valence-electron chi connectivity index (χ3n) is 16.5. The number of rotatable bonds is 33. The Morgan fingerprint density at radius 2 is 1.42 bits per heavy atom. The van der Waals surface area contributed by atoms with Crippen molar-refractivity contribution in [1.29, 1.82) is 5.26 Å². The van der Waals surface area contributed by atoms with E-state index in [-0.39, 0.29) is 115 Å². The normalized spacial score (nSPS) is 17.9. The van der Waals surface area contributed by atoms with Crippen molar-refractivity contribution in [3.05, 3.63) is 69.4 Å². The molecule has 0 saturated carbocycles. The summed E-state index contributed by atoms with van der Waals surface area (Å²) in [5, 5.41) is 60.6. The van der Waals surface area contributed by atoms with Gasteiger partial charge in [-0.2, -0.15) is 17.0 Å². The number of hydrogen-bond acceptors (Lipinski definition) is 19. The number of nitrogens with one attached hydrogen (secondary N) is 4. The lowest BCUT2D eigenvalue weighted by Crippen LogP contribution is -2.52. The van der Waals surface area contributed by atoms with Crippen LogP contribution in [0.5, 0.6) is 5.75 Å². The van der Waals surface area contributed by atoms with Crippen LogP contribution < -0.4 is 26.0 Å². The SMILES string of the molecule is C/C(=N\CCCCC(NC(=O)CN1CCN(CC(=O)O)CCN(CC(=O)O)CCN(CC(=O)O)CC1)C(=O)NCCSC[C@@H](O)C(=O)N1CCC(CCCOc2ccc3nccc(C(=O)NCC(=O)N4CC(F)(F)C[C@@H]4C#N)c3c2)CC1)NC(=O)CCCc1ccc(I)cc1. The fourth-order valence-electron chi connectivity index (χ4n) is 11.4. The molecule has 0 aliphatic carbocycles. The number of benzene rings is 2. The second kappa shape index (κ2) is 39.7. The lowest BCUT2D eigenvalue weighted by molar-refractivity contribution is -0.140. The van der Waals surface area contributed by atoms with Crippen molar-refractivity contribution >= 4 is 104 Å². The highest BCUT2D eigenvalue weighted by atomic mass is 127. The zero-order valence-electron chi connectivity index (χ0n) is 53.6. The monoisotopic (exact) mass is 1460 g/mol. The van der Waals surface area contributed by atoms with Gasteiger partial charge in [-0.3, -0.25) is 72.7 Å². The maximum absolute atomic E-state index is 13.9. The van der Waals surface area contributed by atoms with Crippen molar-refractivity contribution in [3.63, 3.8) is 0 Å². The molecule has 3 aromatic rings. The number of fused-ring (bicyclic) bond motifs is 1. The molecule has 1 unspecified atom stereocenters. The van der Waals surface area contributed by atoms with Gasteiger partial charge in [0.05, 0.1) is 68.9 Å². The molecule has 3 aliphatic rings. The summed E-state index contributed by atoms with van der Waals surface area (Å²) in [6.45, 7) is 2.39. The van der Waals surface area contributed by atoms with E-state index in [2.05, 4.69) is 53.8 Å². The number of amides is 6. The highest BCUT2D eigenvalue weighted by Crippen LogP contribution is 2.32. The van der Waals surface area contributed by atoms with Gasteiger partial charge in [-0.25, -0.2) is 8.78 Å². The average molecular weight is 1460 g/mol. The number of pyridine rings is 1. The Morgan fingerprint density at radius 3 is 2.03 bits per heavy atom. The standard InChI is InChI=1S/C64H88F2IN13O14S/c1-44(73-55(82)9-4-6-45-10-12-47(67)13-11-45)69-19-3-2-8-53(74-56(83)38-75-24-26-76(39-58(85)86)28-30-78(41-60(89)90)31-29-77(27-25-75)40-59(87)88)62(92)71-21-33-95-42-54(81)63(93)79-22-17-46(18-23-79)7-5-32-94-49-14-15-52-51(34-49)50(16-20-70-52)61(91)72-37-57(84)80-43-64(65,66)35-48(80)36-68/h10-16,20,34,46,48,53-54,81H,2-9,17-19,21-33,35,37-43H2,1H3,(H,71,92)(H,72,91)(H,74,83)(H,85,86)(H,87,88)(H,89,90)(H,69,73,82)/t48-,53?,54-/m1/s1. The molecule has 3 fully saturated rings. The summed E-state index contributed by atoms with van der Waals surface area (Å²) in [4.78, 5) is 133. The number of aliphatic carboxylic acids is 3. The van der Waals surface area contributed by atoms with Crippen LogP contribution >= 0.6 is 34.4 Å². The maximum atomic E-state index is 13.9. The first-order chi connectivity index (χ1) is 45.4. The number of aliphatic hydroxyl groups is 1. The van der Waals surface area contributed by atoms with Crippen LogP contribution in [-0.2, 0) is 44.8 Å². The van der Waals surface area contributed by atoms with Gasteiger partial charge in [0.1, 0.15) is 23.9 Å². The van der Waals surface area contributed by atoms with Crippen LogP contribution in [0.1, 0.15) is 87.1 Å². The number of carbonyl (C=O) groups excluding carboxylic acids is 6. The van der Waals surface area contributed by atoms with E-state index >= 15 is 0 Å². The van der Waals surface area contributed by atoms with Gasteiger partial charge < -0.3 is 56.2 Å². The van der Waals surface area contributed by atoms with Gasteiger partial charge in [0, 0.05) is 118 Å². The zero-order chi connectivity index (χ0) is 68.9. The Bertz CT molecular complexity index is 3130. The summed E-state index contributed by atoms with van der Waals surface area (Å²) >= 11 is 3.52. The molecule has 520 valence electrons. The number of halogens is 3. The van der Waals surface area contributed by atoms with Crippen LogP contribution in [0.3, 0.4) is 0 Å². The maximum Gasteiger partial charge on any atom is 0.317 e. The average Bonchev–Trinajstić information content (AvgIpc) is 1.73. The number of amidine groups is 1. The molecular formula is C64H88F2IN13O14S. The molecule has 3 aliphatic heterocycles. The second-order valence-electron chi connectivity index (χ2n) is 24.0. The number of aromatic nitrogens is 1.